The summed E-state index contributed by atoms with van der Waals surface area (Å²) in [5.74, 6) is -0.0973. The number of nitrogens with zero attached hydrogens (tertiary/aromatic N) is 1. The van der Waals surface area contributed by atoms with Crippen molar-refractivity contribution in [3.63, 3.8) is 0 Å². The Morgan fingerprint density at radius 1 is 1.40 bits per heavy atom. The molecule has 1 aliphatic carbocycles. The Morgan fingerprint density at radius 2 is 2.25 bits per heavy atom. The average Bonchev–Trinajstić information content (AvgIpc) is 3.05. The van der Waals surface area contributed by atoms with Crippen molar-refractivity contribution in [2.45, 2.75) is 25.7 Å². The molecule has 1 N–H and O–H groups in total. The Hall–Kier alpha value is -1.35. The van der Waals surface area contributed by atoms with E-state index in [1.165, 1.54) is 16.2 Å². The minimum Gasteiger partial charge on any atom is -0.316 e. The van der Waals surface area contributed by atoms with Gasteiger partial charge in [-0.25, -0.2) is 0 Å². The predicted molar refractivity (Wildman–Crippen MR) is 82.7 cm³/mol. The molecule has 6 heteroatoms. The second-order valence-corrected chi connectivity index (χ2v) is 7.51. The summed E-state index contributed by atoms with van der Waals surface area (Å²) in [5, 5.41) is 12.8. The van der Waals surface area contributed by atoms with Crippen molar-refractivity contribution in [2.24, 2.45) is 0 Å². The van der Waals surface area contributed by atoms with Gasteiger partial charge in [-0.3, -0.25) is 4.79 Å². The van der Waals surface area contributed by atoms with Gasteiger partial charge >= 0.3 is 0 Å². The van der Waals surface area contributed by atoms with Crippen molar-refractivity contribution in [3.05, 3.63) is 37.4 Å². The molecule has 0 aliphatic heterocycles. The molecule has 0 saturated heterocycles. The fraction of sp³-hybridized carbons (Fsp3) is 0.286. The fourth-order valence-electron chi connectivity index (χ4n) is 2.39. The molecule has 0 unspecified atom stereocenters. The minimum absolute atomic E-state index is 0.0973. The molecule has 2 heterocycles. The summed E-state index contributed by atoms with van der Waals surface area (Å²) < 4.78 is 0.681. The van der Waals surface area contributed by atoms with Crippen LogP contribution in [-0.2, 0) is 24.1 Å². The highest BCUT2D eigenvalue weighted by atomic mass is 35.5. The smallest absolute Gasteiger partial charge is 0.230 e. The highest BCUT2D eigenvalue weighted by Crippen LogP contribution is 2.38. The van der Waals surface area contributed by atoms with Crippen LogP contribution in [0, 0.1) is 11.3 Å². The van der Waals surface area contributed by atoms with Crippen LogP contribution in [0.4, 0.5) is 5.00 Å². The number of nitriles is 1. The summed E-state index contributed by atoms with van der Waals surface area (Å²) in [7, 11) is 0. The van der Waals surface area contributed by atoms with E-state index in [1.807, 2.05) is 6.07 Å². The molecule has 0 spiro atoms. The first-order valence-corrected chi connectivity index (χ1v) is 8.27. The van der Waals surface area contributed by atoms with Gasteiger partial charge in [-0.15, -0.1) is 22.7 Å². The molecule has 1 aliphatic rings. The van der Waals surface area contributed by atoms with Gasteiger partial charge in [0.2, 0.25) is 5.91 Å². The van der Waals surface area contributed by atoms with Crippen LogP contribution in [-0.4, -0.2) is 5.91 Å². The van der Waals surface area contributed by atoms with Crippen molar-refractivity contribution >= 4 is 45.2 Å². The molecular formula is C14H11ClN2OS2. The Labute approximate surface area is 129 Å². The molecule has 1 amide bonds. The number of carbonyl (C=O) groups excluding carboxylic acids is 1. The lowest BCUT2D eigenvalue weighted by molar-refractivity contribution is -0.115. The average molecular weight is 323 g/mol. The summed E-state index contributed by atoms with van der Waals surface area (Å²) in [4.78, 5) is 14.2. The molecule has 0 saturated carbocycles. The van der Waals surface area contributed by atoms with E-state index >= 15 is 0 Å². The summed E-state index contributed by atoms with van der Waals surface area (Å²) in [6.45, 7) is 0. The standard InChI is InChI=1S/C14H11ClN2OS2/c15-12-5-4-8(19-12)6-13(18)17-14-10(7-16)9-2-1-3-11(9)20-14/h4-5H,1-3,6H2,(H,17,18). The number of thiophene rings is 2. The van der Waals surface area contributed by atoms with E-state index in [9.17, 15) is 10.1 Å². The van der Waals surface area contributed by atoms with E-state index in [2.05, 4.69) is 11.4 Å². The van der Waals surface area contributed by atoms with Gasteiger partial charge in [0, 0.05) is 9.75 Å². The van der Waals surface area contributed by atoms with Crippen molar-refractivity contribution in [1.29, 1.82) is 5.26 Å². The quantitative estimate of drug-likeness (QED) is 0.928. The largest absolute Gasteiger partial charge is 0.316 e. The van der Waals surface area contributed by atoms with Crippen LogP contribution < -0.4 is 5.32 Å². The Morgan fingerprint density at radius 3 is 2.95 bits per heavy atom. The van der Waals surface area contributed by atoms with E-state index in [4.69, 9.17) is 11.6 Å². The first-order chi connectivity index (χ1) is 9.67. The molecule has 2 aromatic heterocycles. The topological polar surface area (TPSA) is 52.9 Å². The lowest BCUT2D eigenvalue weighted by Gasteiger charge is -2.02. The van der Waals surface area contributed by atoms with E-state index < -0.39 is 0 Å². The van der Waals surface area contributed by atoms with Crippen molar-refractivity contribution in [2.75, 3.05) is 5.32 Å². The number of rotatable bonds is 3. The number of aryl methyl sites for hydroxylation is 1. The van der Waals surface area contributed by atoms with Crippen molar-refractivity contribution < 1.29 is 4.79 Å². The molecule has 3 rings (SSSR count). The molecule has 20 heavy (non-hydrogen) atoms. The Kier molecular flexibility index (Phi) is 3.79. The lowest BCUT2D eigenvalue weighted by Crippen LogP contribution is -2.13. The molecule has 0 fully saturated rings. The number of carbonyl (C=O) groups is 1. The van der Waals surface area contributed by atoms with Gasteiger partial charge in [0.05, 0.1) is 16.3 Å². The minimum atomic E-state index is -0.0973. The third kappa shape index (κ3) is 2.59. The third-order valence-corrected chi connectivity index (χ3v) is 5.69. The molecule has 0 bridgehead atoms. The van der Waals surface area contributed by atoms with Crippen LogP contribution in [0.5, 0.6) is 0 Å². The molecule has 0 atom stereocenters. The summed E-state index contributed by atoms with van der Waals surface area (Å²) in [6.07, 6.45) is 3.37. The van der Waals surface area contributed by atoms with Crippen LogP contribution in [0.25, 0.3) is 0 Å². The van der Waals surface area contributed by atoms with Gasteiger partial charge in [-0.05, 0) is 37.0 Å². The number of nitrogens with one attached hydrogen (secondary N) is 1. The van der Waals surface area contributed by atoms with Crippen LogP contribution in [0.15, 0.2) is 12.1 Å². The normalized spacial score (nSPS) is 13.0. The summed E-state index contributed by atoms with van der Waals surface area (Å²) in [5.41, 5.74) is 1.78. The van der Waals surface area contributed by atoms with Gasteiger partial charge in [-0.2, -0.15) is 5.26 Å². The molecule has 3 nitrogen and oxygen atoms in total. The van der Waals surface area contributed by atoms with E-state index in [-0.39, 0.29) is 5.91 Å². The van der Waals surface area contributed by atoms with Gasteiger partial charge in [0.25, 0.3) is 0 Å². The maximum Gasteiger partial charge on any atom is 0.230 e. The second-order valence-electron chi connectivity index (χ2n) is 4.60. The number of hydrogen-bond acceptors (Lipinski definition) is 4. The Bertz CT molecular complexity index is 711. The van der Waals surface area contributed by atoms with E-state index in [0.29, 0.717) is 21.3 Å². The molecule has 102 valence electrons. The van der Waals surface area contributed by atoms with Crippen molar-refractivity contribution in [1.82, 2.24) is 0 Å². The van der Waals surface area contributed by atoms with Crippen LogP contribution in [0.3, 0.4) is 0 Å². The summed E-state index contributed by atoms with van der Waals surface area (Å²) in [6, 6.07) is 5.87. The van der Waals surface area contributed by atoms with Crippen LogP contribution in [0.2, 0.25) is 4.34 Å². The SMILES string of the molecule is N#Cc1c(NC(=O)Cc2ccc(Cl)s2)sc2c1CCC2. The third-order valence-electron chi connectivity index (χ3n) is 3.25. The maximum atomic E-state index is 12.0. The number of hydrogen-bond donors (Lipinski definition) is 1. The Balaban J connectivity index is 1.75. The number of halogens is 1. The van der Waals surface area contributed by atoms with E-state index in [0.717, 1.165) is 29.7 Å². The highest BCUT2D eigenvalue weighted by molar-refractivity contribution is 7.17. The zero-order valence-electron chi connectivity index (χ0n) is 10.5. The fourth-order valence-corrected chi connectivity index (χ4v) is 4.73. The molecule has 0 radical (unpaired) electrons. The zero-order valence-corrected chi connectivity index (χ0v) is 12.9. The highest BCUT2D eigenvalue weighted by Gasteiger charge is 2.23. The van der Waals surface area contributed by atoms with Gasteiger partial charge in [0.15, 0.2) is 0 Å². The van der Waals surface area contributed by atoms with Crippen LogP contribution in [0.1, 0.15) is 27.3 Å². The number of fused-ring (bicyclic) bond motifs is 1. The lowest BCUT2D eigenvalue weighted by atomic mass is 10.1. The van der Waals surface area contributed by atoms with E-state index in [1.54, 1.807) is 17.4 Å². The molecule has 2 aromatic rings. The monoisotopic (exact) mass is 322 g/mol. The molecular weight excluding hydrogens is 312 g/mol. The zero-order chi connectivity index (χ0) is 14.1. The van der Waals surface area contributed by atoms with Crippen LogP contribution >= 0.6 is 34.3 Å². The first kappa shape index (κ1) is 13.6. The second kappa shape index (κ2) is 5.57. The predicted octanol–water partition coefficient (Wildman–Crippen LogP) is 4.00. The van der Waals surface area contributed by atoms with Gasteiger partial charge < -0.3 is 5.32 Å². The molecule has 0 aromatic carbocycles. The van der Waals surface area contributed by atoms with Gasteiger partial charge in [-0.1, -0.05) is 11.6 Å². The summed E-state index contributed by atoms with van der Waals surface area (Å²) >= 11 is 8.79. The van der Waals surface area contributed by atoms with Crippen molar-refractivity contribution in [3.8, 4) is 6.07 Å². The maximum absolute atomic E-state index is 12.0. The number of amides is 1. The first-order valence-electron chi connectivity index (χ1n) is 6.26. The van der Waals surface area contributed by atoms with Gasteiger partial charge in [0.1, 0.15) is 11.1 Å². The number of anilines is 1.